The maximum absolute atomic E-state index is 12.5. The summed E-state index contributed by atoms with van der Waals surface area (Å²) < 4.78 is 12.3. The number of ether oxygens (including phenoxy) is 2. The van der Waals surface area contributed by atoms with Crippen molar-refractivity contribution in [1.29, 1.82) is 0 Å². The summed E-state index contributed by atoms with van der Waals surface area (Å²) in [5.74, 6) is -1.66. The van der Waals surface area contributed by atoms with Gasteiger partial charge in [-0.15, -0.1) is 0 Å². The van der Waals surface area contributed by atoms with Crippen LogP contribution in [0.1, 0.15) is 54.9 Å². The predicted molar refractivity (Wildman–Crippen MR) is 110 cm³/mol. The van der Waals surface area contributed by atoms with Gasteiger partial charge in [0.25, 0.3) is 5.91 Å². The number of aromatic nitrogens is 1. The minimum absolute atomic E-state index is 0.00482. The van der Waals surface area contributed by atoms with Crippen molar-refractivity contribution in [3.05, 3.63) is 69.6 Å². The summed E-state index contributed by atoms with van der Waals surface area (Å²) in [4.78, 5) is 47.7. The van der Waals surface area contributed by atoms with Crippen molar-refractivity contribution < 1.29 is 23.9 Å². The SMILES string of the molecule is CC(=O)OCCn1cc(C(N)=O)c(=O)cc1C(OC(=O)CC(C)C)c1ccccc1. The van der Waals surface area contributed by atoms with Crippen molar-refractivity contribution in [1.82, 2.24) is 4.57 Å². The molecule has 8 heteroatoms. The number of primary amides is 1. The van der Waals surface area contributed by atoms with Crippen molar-refractivity contribution >= 4 is 17.8 Å². The molecular formula is C22H26N2O6. The lowest BCUT2D eigenvalue weighted by atomic mass is 10.0. The van der Waals surface area contributed by atoms with Gasteiger partial charge in [0.05, 0.1) is 12.2 Å². The topological polar surface area (TPSA) is 118 Å². The van der Waals surface area contributed by atoms with Crippen LogP contribution < -0.4 is 11.2 Å². The van der Waals surface area contributed by atoms with Gasteiger partial charge in [0.1, 0.15) is 12.2 Å². The summed E-state index contributed by atoms with van der Waals surface area (Å²) in [5.41, 5.74) is 5.52. The normalized spacial score (nSPS) is 11.7. The summed E-state index contributed by atoms with van der Waals surface area (Å²) in [6, 6.07) is 10.2. The highest BCUT2D eigenvalue weighted by atomic mass is 16.5. The predicted octanol–water partition coefficient (Wildman–Crippen LogP) is 2.19. The van der Waals surface area contributed by atoms with Crippen LogP contribution in [0.2, 0.25) is 0 Å². The molecule has 1 heterocycles. The molecule has 0 saturated heterocycles. The molecular weight excluding hydrogens is 388 g/mol. The number of benzene rings is 1. The minimum atomic E-state index is -0.885. The van der Waals surface area contributed by atoms with Crippen molar-refractivity contribution in [3.8, 4) is 0 Å². The fourth-order valence-corrected chi connectivity index (χ4v) is 2.92. The molecule has 1 aromatic carbocycles. The number of carbonyl (C=O) groups excluding carboxylic acids is 3. The van der Waals surface area contributed by atoms with E-state index in [1.807, 2.05) is 19.9 Å². The number of carbonyl (C=O) groups is 3. The van der Waals surface area contributed by atoms with Crippen LogP contribution in [-0.4, -0.2) is 29.0 Å². The van der Waals surface area contributed by atoms with Gasteiger partial charge < -0.3 is 19.8 Å². The van der Waals surface area contributed by atoms with Crippen LogP contribution in [0.15, 0.2) is 47.4 Å². The van der Waals surface area contributed by atoms with Crippen molar-refractivity contribution in [2.24, 2.45) is 11.7 Å². The molecule has 30 heavy (non-hydrogen) atoms. The summed E-state index contributed by atoms with van der Waals surface area (Å²) in [6.07, 6.45) is 0.625. The molecule has 160 valence electrons. The Morgan fingerprint density at radius 1 is 1.13 bits per heavy atom. The molecule has 0 bridgehead atoms. The molecule has 0 fully saturated rings. The summed E-state index contributed by atoms with van der Waals surface area (Å²) in [7, 11) is 0. The van der Waals surface area contributed by atoms with Gasteiger partial charge in [-0.05, 0) is 11.5 Å². The second-order valence-corrected chi connectivity index (χ2v) is 7.25. The van der Waals surface area contributed by atoms with Crippen LogP contribution >= 0.6 is 0 Å². The third-order valence-electron chi connectivity index (χ3n) is 4.26. The van der Waals surface area contributed by atoms with Crippen LogP contribution in [-0.2, 0) is 25.6 Å². The molecule has 0 aliphatic rings. The molecule has 0 aliphatic carbocycles. The largest absolute Gasteiger partial charge is 0.464 e. The number of amides is 1. The number of hydrogen-bond acceptors (Lipinski definition) is 6. The molecule has 2 aromatic rings. The average molecular weight is 414 g/mol. The lowest BCUT2D eigenvalue weighted by molar-refractivity contribution is -0.148. The number of esters is 2. The van der Waals surface area contributed by atoms with Crippen LogP contribution in [0.25, 0.3) is 0 Å². The second kappa shape index (κ2) is 10.4. The standard InChI is InChI=1S/C22H26N2O6/c1-14(2)11-20(27)30-21(16-7-5-4-6-8-16)18-12-19(26)17(22(23)28)13-24(18)9-10-29-15(3)25/h4-8,12-14,21H,9-11H2,1-3H3,(H2,23,28). The Morgan fingerprint density at radius 3 is 2.37 bits per heavy atom. The van der Waals surface area contributed by atoms with Crippen LogP contribution in [0, 0.1) is 5.92 Å². The highest BCUT2D eigenvalue weighted by Crippen LogP contribution is 2.27. The van der Waals surface area contributed by atoms with E-state index in [2.05, 4.69) is 0 Å². The third kappa shape index (κ3) is 6.30. The van der Waals surface area contributed by atoms with E-state index in [1.165, 1.54) is 19.2 Å². The molecule has 2 N–H and O–H groups in total. The summed E-state index contributed by atoms with van der Waals surface area (Å²) in [5, 5.41) is 0. The molecule has 2 rings (SSSR count). The highest BCUT2D eigenvalue weighted by Gasteiger charge is 2.24. The Balaban J connectivity index is 2.54. The summed E-state index contributed by atoms with van der Waals surface area (Å²) in [6.45, 7) is 5.22. The highest BCUT2D eigenvalue weighted by molar-refractivity contribution is 5.92. The quantitative estimate of drug-likeness (QED) is 0.629. The molecule has 1 unspecified atom stereocenters. The third-order valence-corrected chi connectivity index (χ3v) is 4.26. The van der Waals surface area contributed by atoms with Gasteiger partial charge in [-0.1, -0.05) is 44.2 Å². The average Bonchev–Trinajstić information content (AvgIpc) is 2.66. The number of rotatable bonds is 9. The number of hydrogen-bond donors (Lipinski definition) is 1. The summed E-state index contributed by atoms with van der Waals surface area (Å²) >= 11 is 0. The molecule has 0 saturated carbocycles. The number of nitrogens with two attached hydrogens (primary N) is 1. The van der Waals surface area contributed by atoms with E-state index in [0.29, 0.717) is 11.3 Å². The first-order chi connectivity index (χ1) is 14.2. The van der Waals surface area contributed by atoms with E-state index >= 15 is 0 Å². The zero-order valence-electron chi connectivity index (χ0n) is 17.3. The maximum Gasteiger partial charge on any atom is 0.307 e. The zero-order chi connectivity index (χ0) is 22.3. The zero-order valence-corrected chi connectivity index (χ0v) is 17.3. The molecule has 1 amide bonds. The Morgan fingerprint density at radius 2 is 1.80 bits per heavy atom. The van der Waals surface area contributed by atoms with E-state index in [0.717, 1.165) is 0 Å². The monoisotopic (exact) mass is 414 g/mol. The van der Waals surface area contributed by atoms with Gasteiger partial charge in [-0.2, -0.15) is 0 Å². The van der Waals surface area contributed by atoms with Gasteiger partial charge in [-0.3, -0.25) is 19.2 Å². The van der Waals surface area contributed by atoms with E-state index in [-0.39, 0.29) is 31.1 Å². The molecule has 1 atom stereocenters. The van der Waals surface area contributed by atoms with Crippen molar-refractivity contribution in [2.45, 2.75) is 39.8 Å². The van der Waals surface area contributed by atoms with E-state index in [1.54, 1.807) is 28.8 Å². The lowest BCUT2D eigenvalue weighted by Gasteiger charge is -2.24. The first-order valence-electron chi connectivity index (χ1n) is 9.61. The van der Waals surface area contributed by atoms with E-state index in [4.69, 9.17) is 15.2 Å². The number of pyridine rings is 1. The molecule has 1 aromatic heterocycles. The number of nitrogens with zero attached hydrogens (tertiary/aromatic N) is 1. The van der Waals surface area contributed by atoms with Crippen LogP contribution in [0.5, 0.6) is 0 Å². The van der Waals surface area contributed by atoms with Gasteiger partial charge >= 0.3 is 11.9 Å². The smallest absolute Gasteiger partial charge is 0.307 e. The van der Waals surface area contributed by atoms with Gasteiger partial charge in [0.15, 0.2) is 11.5 Å². The van der Waals surface area contributed by atoms with Crippen LogP contribution in [0.4, 0.5) is 0 Å². The van der Waals surface area contributed by atoms with E-state index < -0.39 is 29.4 Å². The Bertz CT molecular complexity index is 965. The van der Waals surface area contributed by atoms with Gasteiger partial charge in [0, 0.05) is 25.6 Å². The Kier molecular flexibility index (Phi) is 7.91. The first kappa shape index (κ1) is 22.9. The van der Waals surface area contributed by atoms with Gasteiger partial charge in [-0.25, -0.2) is 0 Å². The first-order valence-corrected chi connectivity index (χ1v) is 9.61. The van der Waals surface area contributed by atoms with Crippen LogP contribution in [0.3, 0.4) is 0 Å². The van der Waals surface area contributed by atoms with Crippen molar-refractivity contribution in [3.63, 3.8) is 0 Å². The molecule has 8 nitrogen and oxygen atoms in total. The Hall–Kier alpha value is -3.42. The molecule has 0 aliphatic heterocycles. The molecule has 0 radical (unpaired) electrons. The lowest BCUT2D eigenvalue weighted by Crippen LogP contribution is -2.28. The van der Waals surface area contributed by atoms with Gasteiger partial charge in [0.2, 0.25) is 0 Å². The Labute approximate surface area is 174 Å². The van der Waals surface area contributed by atoms with E-state index in [9.17, 15) is 19.2 Å². The maximum atomic E-state index is 12.5. The second-order valence-electron chi connectivity index (χ2n) is 7.25. The fraction of sp³-hybridized carbons (Fsp3) is 0.364. The fourth-order valence-electron chi connectivity index (χ4n) is 2.92. The molecule has 0 spiro atoms. The van der Waals surface area contributed by atoms with Crippen molar-refractivity contribution in [2.75, 3.05) is 6.61 Å². The minimum Gasteiger partial charge on any atom is -0.464 e.